The van der Waals surface area contributed by atoms with Crippen LogP contribution in [0.5, 0.6) is 0 Å². The molecule has 3 aromatic heterocycles. The number of hydrogen-bond donors (Lipinski definition) is 3. The van der Waals surface area contributed by atoms with Crippen molar-refractivity contribution in [1.29, 1.82) is 0 Å². The molecule has 4 N–H and O–H groups in total. The predicted molar refractivity (Wildman–Crippen MR) is 112 cm³/mol. The molecule has 1 atom stereocenters. The number of fused-ring (bicyclic) bond motifs is 2. The van der Waals surface area contributed by atoms with Gasteiger partial charge < -0.3 is 16.0 Å². The fourth-order valence-electron chi connectivity index (χ4n) is 2.63. The van der Waals surface area contributed by atoms with Gasteiger partial charge in [-0.1, -0.05) is 30.9 Å². The number of nitrogens with one attached hydrogen (secondary N) is 2. The van der Waals surface area contributed by atoms with E-state index in [4.69, 9.17) is 18.0 Å². The van der Waals surface area contributed by atoms with Crippen LogP contribution in [0.3, 0.4) is 0 Å². The molecule has 0 aliphatic carbocycles. The van der Waals surface area contributed by atoms with Crippen LogP contribution in [-0.2, 0) is 0 Å². The molecule has 0 saturated heterocycles. The van der Waals surface area contributed by atoms with Crippen LogP contribution in [0.15, 0.2) is 41.9 Å². The van der Waals surface area contributed by atoms with Gasteiger partial charge in [-0.3, -0.25) is 9.97 Å². The number of nitrogens with two attached hydrogens (primary N) is 1. The van der Waals surface area contributed by atoms with Crippen LogP contribution < -0.4 is 11.1 Å². The van der Waals surface area contributed by atoms with E-state index < -0.39 is 0 Å². The highest BCUT2D eigenvalue weighted by atomic mass is 32.2. The van der Waals surface area contributed by atoms with Crippen LogP contribution in [-0.4, -0.2) is 40.1 Å². The summed E-state index contributed by atoms with van der Waals surface area (Å²) < 4.78 is 0. The molecule has 0 amide bonds. The van der Waals surface area contributed by atoms with Gasteiger partial charge in [0.15, 0.2) is 5.65 Å². The number of thioether (sulfide) groups is 1. The molecule has 0 bridgehead atoms. The van der Waals surface area contributed by atoms with Crippen LogP contribution in [0.4, 0.5) is 11.6 Å². The third-order valence-corrected chi connectivity index (χ3v) is 5.83. The summed E-state index contributed by atoms with van der Waals surface area (Å²) in [6.45, 7) is 2.08. The molecule has 1 aromatic carbocycles. The highest BCUT2D eigenvalue weighted by Gasteiger charge is 2.19. The van der Waals surface area contributed by atoms with Gasteiger partial charge in [0.1, 0.15) is 10.5 Å². The van der Waals surface area contributed by atoms with Gasteiger partial charge in [0.05, 0.1) is 27.6 Å². The van der Waals surface area contributed by atoms with Crippen molar-refractivity contribution in [2.75, 3.05) is 11.1 Å². The van der Waals surface area contributed by atoms with Crippen LogP contribution in [0.1, 0.15) is 13.3 Å². The molecule has 10 heteroatoms. The molecule has 0 radical (unpaired) electrons. The zero-order valence-corrected chi connectivity index (χ0v) is 16.0. The molecule has 0 aliphatic heterocycles. The quantitative estimate of drug-likeness (QED) is 0.265. The number of rotatable bonds is 5. The lowest BCUT2D eigenvalue weighted by molar-refractivity contribution is 1.01. The standard InChI is InChI=1S/C17H16N8S2/c1-2-12(27-16-13-14(22-8-21-13)24-17(18)25-16)15(26)23-9-3-4-10-11(7-9)20-6-5-19-10/h3-8,12H,2H2,1H3,(H,23,26)(H3,18,21,22,24,25)/t12-/m1/s1. The van der Waals surface area contributed by atoms with Gasteiger partial charge in [0.25, 0.3) is 0 Å². The summed E-state index contributed by atoms with van der Waals surface area (Å²) in [5.74, 6) is 0.193. The van der Waals surface area contributed by atoms with Gasteiger partial charge in [-0.05, 0) is 24.6 Å². The normalized spacial score (nSPS) is 12.3. The number of imidazole rings is 1. The molecular formula is C17H16N8S2. The second kappa shape index (κ2) is 7.41. The van der Waals surface area contributed by atoms with Gasteiger partial charge in [0, 0.05) is 18.1 Å². The molecule has 4 rings (SSSR count). The Morgan fingerprint density at radius 1 is 1.22 bits per heavy atom. The Bertz CT molecular complexity index is 1130. The van der Waals surface area contributed by atoms with Crippen molar-refractivity contribution < 1.29 is 0 Å². The molecule has 0 saturated carbocycles. The molecule has 0 aliphatic rings. The summed E-state index contributed by atoms with van der Waals surface area (Å²) in [7, 11) is 0. The lowest BCUT2D eigenvalue weighted by Gasteiger charge is -2.17. The monoisotopic (exact) mass is 396 g/mol. The van der Waals surface area contributed by atoms with Gasteiger partial charge in [-0.2, -0.15) is 4.98 Å². The van der Waals surface area contributed by atoms with Crippen LogP contribution in [0.25, 0.3) is 22.2 Å². The molecule has 4 aromatic rings. The van der Waals surface area contributed by atoms with Crippen LogP contribution >= 0.6 is 24.0 Å². The van der Waals surface area contributed by atoms with Crippen LogP contribution in [0, 0.1) is 0 Å². The van der Waals surface area contributed by atoms with E-state index in [2.05, 4.69) is 42.1 Å². The average molecular weight is 397 g/mol. The Balaban J connectivity index is 1.56. The zero-order valence-electron chi connectivity index (χ0n) is 14.4. The molecule has 8 nitrogen and oxygen atoms in total. The van der Waals surface area contributed by atoms with Crippen molar-refractivity contribution in [3.05, 3.63) is 36.9 Å². The maximum absolute atomic E-state index is 5.80. The lowest BCUT2D eigenvalue weighted by atomic mass is 10.2. The minimum Gasteiger partial charge on any atom is -0.368 e. The predicted octanol–water partition coefficient (Wildman–Crippen LogP) is 3.19. The Morgan fingerprint density at radius 2 is 2.04 bits per heavy atom. The first-order valence-electron chi connectivity index (χ1n) is 8.29. The van der Waals surface area contributed by atoms with Crippen molar-refractivity contribution in [2.45, 2.75) is 23.6 Å². The van der Waals surface area contributed by atoms with E-state index in [-0.39, 0.29) is 11.2 Å². The van der Waals surface area contributed by atoms with Crippen molar-refractivity contribution in [1.82, 2.24) is 29.9 Å². The highest BCUT2D eigenvalue weighted by molar-refractivity contribution is 8.02. The van der Waals surface area contributed by atoms with E-state index in [9.17, 15) is 0 Å². The summed E-state index contributed by atoms with van der Waals surface area (Å²) in [6, 6.07) is 5.79. The maximum atomic E-state index is 5.80. The zero-order chi connectivity index (χ0) is 18.8. The number of hydrogen-bond acceptors (Lipinski definition) is 8. The summed E-state index contributed by atoms with van der Waals surface area (Å²) >= 11 is 7.18. The minimum atomic E-state index is 0.0124. The third-order valence-electron chi connectivity index (χ3n) is 3.92. The number of nitrogen functional groups attached to an aromatic ring is 1. The summed E-state index contributed by atoms with van der Waals surface area (Å²) in [4.78, 5) is 25.0. The third kappa shape index (κ3) is 3.67. The number of aromatic amines is 1. The molecule has 0 fully saturated rings. The van der Waals surface area contributed by atoms with E-state index >= 15 is 0 Å². The Labute approximate surface area is 164 Å². The smallest absolute Gasteiger partial charge is 0.223 e. The SMILES string of the molecule is CC[C@@H](Sc1nc(N)nc2nc[nH]c12)C(=S)Nc1ccc2nccnc2c1. The number of nitrogens with zero attached hydrogens (tertiary/aromatic N) is 5. The van der Waals surface area contributed by atoms with E-state index in [1.54, 1.807) is 18.7 Å². The van der Waals surface area contributed by atoms with Crippen LogP contribution in [0.2, 0.25) is 0 Å². The number of thiocarbonyl (C=S) groups is 1. The topological polar surface area (TPSA) is 118 Å². The summed E-state index contributed by atoms with van der Waals surface area (Å²) in [5.41, 5.74) is 9.64. The van der Waals surface area contributed by atoms with Crippen molar-refractivity contribution >= 4 is 62.8 Å². The largest absolute Gasteiger partial charge is 0.368 e. The number of aromatic nitrogens is 6. The van der Waals surface area contributed by atoms with Gasteiger partial charge in [-0.25, -0.2) is 9.97 Å². The fraction of sp³-hybridized carbons (Fsp3) is 0.176. The average Bonchev–Trinajstić information content (AvgIpc) is 3.14. The summed E-state index contributed by atoms with van der Waals surface area (Å²) in [6.07, 6.45) is 5.75. The Hall–Kier alpha value is -2.85. The second-order valence-corrected chi connectivity index (χ2v) is 7.38. The first-order valence-corrected chi connectivity index (χ1v) is 9.57. The minimum absolute atomic E-state index is 0.0124. The number of H-pyrrole nitrogens is 1. The molecule has 0 spiro atoms. The van der Waals surface area contributed by atoms with Crippen molar-refractivity contribution in [2.24, 2.45) is 0 Å². The lowest BCUT2D eigenvalue weighted by Crippen LogP contribution is -2.22. The molecular weight excluding hydrogens is 380 g/mol. The highest BCUT2D eigenvalue weighted by Crippen LogP contribution is 2.30. The van der Waals surface area contributed by atoms with E-state index in [0.29, 0.717) is 10.6 Å². The first kappa shape index (κ1) is 17.6. The van der Waals surface area contributed by atoms with Gasteiger partial charge in [0.2, 0.25) is 5.95 Å². The molecule has 136 valence electrons. The maximum Gasteiger partial charge on any atom is 0.223 e. The molecule has 3 heterocycles. The summed E-state index contributed by atoms with van der Waals surface area (Å²) in [5, 5.41) is 4.05. The first-order chi connectivity index (χ1) is 13.1. The van der Waals surface area contributed by atoms with Crippen molar-refractivity contribution in [3.63, 3.8) is 0 Å². The second-order valence-electron chi connectivity index (χ2n) is 5.75. The van der Waals surface area contributed by atoms with Gasteiger partial charge in [-0.15, -0.1) is 0 Å². The Morgan fingerprint density at radius 3 is 2.85 bits per heavy atom. The van der Waals surface area contributed by atoms with E-state index in [1.165, 1.54) is 11.8 Å². The fourth-order valence-corrected chi connectivity index (χ4v) is 4.07. The van der Waals surface area contributed by atoms with E-state index in [1.807, 2.05) is 18.2 Å². The Kier molecular flexibility index (Phi) is 4.82. The number of anilines is 2. The molecule has 0 unspecified atom stereocenters. The van der Waals surface area contributed by atoms with Gasteiger partial charge >= 0.3 is 0 Å². The molecule has 27 heavy (non-hydrogen) atoms. The van der Waals surface area contributed by atoms with Crippen molar-refractivity contribution in [3.8, 4) is 0 Å². The van der Waals surface area contributed by atoms with E-state index in [0.717, 1.165) is 33.7 Å². The number of benzene rings is 1.